The van der Waals surface area contributed by atoms with Gasteiger partial charge in [-0.1, -0.05) is 0 Å². The zero-order valence-corrected chi connectivity index (χ0v) is 10.0. The third kappa shape index (κ3) is 1.66. The molecular formula is C11H20N2O2. The molecule has 0 unspecified atom stereocenters. The van der Waals surface area contributed by atoms with E-state index < -0.39 is 5.60 Å². The molecule has 4 nitrogen and oxygen atoms in total. The molecule has 0 N–H and O–H groups in total. The van der Waals surface area contributed by atoms with Crippen LogP contribution in [0.5, 0.6) is 0 Å². The number of nitrogens with zero attached hydrogens (tertiary/aromatic N) is 2. The lowest BCUT2D eigenvalue weighted by Gasteiger charge is -2.60. The Morgan fingerprint density at radius 1 is 1.27 bits per heavy atom. The van der Waals surface area contributed by atoms with Crippen LogP contribution in [0.2, 0.25) is 0 Å². The number of rotatable bonds is 2. The summed E-state index contributed by atoms with van der Waals surface area (Å²) in [5, 5.41) is 0. The van der Waals surface area contributed by atoms with Crippen LogP contribution in [0, 0.1) is 5.41 Å². The molecular weight excluding hydrogens is 192 g/mol. The van der Waals surface area contributed by atoms with Crippen molar-refractivity contribution < 1.29 is 9.53 Å². The van der Waals surface area contributed by atoms with E-state index in [2.05, 4.69) is 11.9 Å². The van der Waals surface area contributed by atoms with Gasteiger partial charge in [0.15, 0.2) is 0 Å². The van der Waals surface area contributed by atoms with E-state index in [0.29, 0.717) is 5.41 Å². The van der Waals surface area contributed by atoms with Crippen LogP contribution in [0.1, 0.15) is 13.8 Å². The van der Waals surface area contributed by atoms with Crippen molar-refractivity contribution in [3.63, 3.8) is 0 Å². The Balaban J connectivity index is 1.87. The predicted molar refractivity (Wildman–Crippen MR) is 57.6 cm³/mol. The number of carbonyl (C=O) groups excluding carboxylic acids is 1. The monoisotopic (exact) mass is 212 g/mol. The lowest BCUT2D eigenvalue weighted by atomic mass is 9.72. The van der Waals surface area contributed by atoms with Crippen LogP contribution in [0.3, 0.4) is 0 Å². The number of hydrogen-bond acceptors (Lipinski definition) is 3. The van der Waals surface area contributed by atoms with E-state index in [0.717, 1.165) is 26.2 Å². The van der Waals surface area contributed by atoms with Crippen LogP contribution in [-0.2, 0) is 9.53 Å². The molecule has 0 radical (unpaired) electrons. The molecule has 0 aromatic rings. The molecule has 1 spiro atoms. The first-order valence-corrected chi connectivity index (χ1v) is 5.42. The molecule has 0 atom stereocenters. The minimum atomic E-state index is -0.669. The minimum absolute atomic E-state index is 0.116. The zero-order valence-electron chi connectivity index (χ0n) is 10.0. The van der Waals surface area contributed by atoms with Crippen molar-refractivity contribution in [1.29, 1.82) is 0 Å². The molecule has 2 heterocycles. The number of ether oxygens (including phenoxy) is 1. The lowest BCUT2D eigenvalue weighted by Crippen LogP contribution is -2.73. The highest BCUT2D eigenvalue weighted by molar-refractivity contribution is 5.85. The lowest BCUT2D eigenvalue weighted by molar-refractivity contribution is -0.174. The number of hydrogen-bond donors (Lipinski definition) is 0. The van der Waals surface area contributed by atoms with Crippen LogP contribution in [0.15, 0.2) is 0 Å². The summed E-state index contributed by atoms with van der Waals surface area (Å²) in [5.41, 5.74) is -0.258. The smallest absolute Gasteiger partial charge is 0.254 e. The molecule has 0 aromatic heterocycles. The average molecular weight is 212 g/mol. The van der Waals surface area contributed by atoms with Crippen molar-refractivity contribution in [2.24, 2.45) is 5.41 Å². The summed E-state index contributed by atoms with van der Waals surface area (Å²) in [5.74, 6) is 0.116. The van der Waals surface area contributed by atoms with Crippen molar-refractivity contribution in [3.05, 3.63) is 0 Å². The summed E-state index contributed by atoms with van der Waals surface area (Å²) in [7, 11) is 3.71. The van der Waals surface area contributed by atoms with Gasteiger partial charge >= 0.3 is 0 Å². The molecule has 0 aromatic carbocycles. The molecule has 2 saturated heterocycles. The Labute approximate surface area is 91.2 Å². The van der Waals surface area contributed by atoms with Crippen LogP contribution in [-0.4, -0.2) is 61.6 Å². The molecule has 4 heteroatoms. The van der Waals surface area contributed by atoms with Gasteiger partial charge in [-0.25, -0.2) is 0 Å². The maximum atomic E-state index is 12.0. The third-order valence-corrected chi connectivity index (χ3v) is 3.58. The van der Waals surface area contributed by atoms with Gasteiger partial charge in [-0.15, -0.1) is 0 Å². The second kappa shape index (κ2) is 3.19. The Morgan fingerprint density at radius 2 is 1.80 bits per heavy atom. The molecule has 2 fully saturated rings. The van der Waals surface area contributed by atoms with E-state index in [9.17, 15) is 4.79 Å². The summed E-state index contributed by atoms with van der Waals surface area (Å²) in [6.07, 6.45) is 0. The normalized spacial score (nSPS) is 24.9. The maximum Gasteiger partial charge on any atom is 0.254 e. The third-order valence-electron chi connectivity index (χ3n) is 3.58. The van der Waals surface area contributed by atoms with Crippen LogP contribution in [0.25, 0.3) is 0 Å². The first kappa shape index (κ1) is 10.9. The van der Waals surface area contributed by atoms with Gasteiger partial charge < -0.3 is 14.5 Å². The average Bonchev–Trinajstić information content (AvgIpc) is 2.07. The van der Waals surface area contributed by atoms with Gasteiger partial charge in [-0.3, -0.25) is 4.79 Å². The fourth-order valence-electron chi connectivity index (χ4n) is 2.67. The Hall–Kier alpha value is -0.610. The van der Waals surface area contributed by atoms with Gasteiger partial charge in [-0.2, -0.15) is 0 Å². The van der Waals surface area contributed by atoms with E-state index in [1.165, 1.54) is 0 Å². The highest BCUT2D eigenvalue weighted by atomic mass is 16.5. The molecule has 2 aliphatic rings. The summed E-state index contributed by atoms with van der Waals surface area (Å²) < 4.78 is 5.20. The summed E-state index contributed by atoms with van der Waals surface area (Å²) in [6, 6.07) is 0. The van der Waals surface area contributed by atoms with Gasteiger partial charge in [0.05, 0.1) is 0 Å². The minimum Gasteiger partial charge on any atom is -0.369 e. The second-order valence-electron chi connectivity index (χ2n) is 5.55. The van der Waals surface area contributed by atoms with Gasteiger partial charge in [0.1, 0.15) is 5.60 Å². The Kier molecular flexibility index (Phi) is 2.32. The first-order valence-electron chi connectivity index (χ1n) is 5.42. The van der Waals surface area contributed by atoms with Crippen LogP contribution in [0.4, 0.5) is 0 Å². The predicted octanol–water partition coefficient (Wildman–Crippen LogP) is 0.185. The van der Waals surface area contributed by atoms with E-state index in [1.54, 1.807) is 7.11 Å². The number of amides is 1. The van der Waals surface area contributed by atoms with Gasteiger partial charge in [0.25, 0.3) is 5.91 Å². The first-order chi connectivity index (χ1) is 6.88. The van der Waals surface area contributed by atoms with Gasteiger partial charge in [0.2, 0.25) is 0 Å². The van der Waals surface area contributed by atoms with Crippen molar-refractivity contribution in [2.75, 3.05) is 40.3 Å². The quantitative estimate of drug-likeness (QED) is 0.655. The standard InChI is InChI=1S/C11H20N2O2/c1-10(2,15-4)9(14)13-7-11(8-13)5-12(3)6-11/h5-8H2,1-4H3. The Bertz CT molecular complexity index is 274. The zero-order chi connectivity index (χ0) is 11.3. The van der Waals surface area contributed by atoms with E-state index >= 15 is 0 Å². The number of likely N-dealkylation sites (tertiary alicyclic amines) is 2. The summed E-state index contributed by atoms with van der Waals surface area (Å²) >= 11 is 0. The topological polar surface area (TPSA) is 32.8 Å². The molecule has 2 rings (SSSR count). The molecule has 86 valence electrons. The van der Waals surface area contributed by atoms with E-state index in [4.69, 9.17) is 4.74 Å². The van der Waals surface area contributed by atoms with Gasteiger partial charge in [-0.05, 0) is 20.9 Å². The summed E-state index contributed by atoms with van der Waals surface area (Å²) in [4.78, 5) is 16.2. The van der Waals surface area contributed by atoms with Gasteiger partial charge in [0, 0.05) is 38.7 Å². The molecule has 15 heavy (non-hydrogen) atoms. The molecule has 2 aliphatic heterocycles. The summed E-state index contributed by atoms with van der Waals surface area (Å²) in [6.45, 7) is 7.72. The van der Waals surface area contributed by atoms with Crippen molar-refractivity contribution in [3.8, 4) is 0 Å². The van der Waals surface area contributed by atoms with Crippen LogP contribution < -0.4 is 0 Å². The fourth-order valence-corrected chi connectivity index (χ4v) is 2.67. The van der Waals surface area contributed by atoms with Crippen molar-refractivity contribution >= 4 is 5.91 Å². The highest BCUT2D eigenvalue weighted by Crippen LogP contribution is 2.39. The number of methoxy groups -OCH3 is 1. The van der Waals surface area contributed by atoms with E-state index in [-0.39, 0.29) is 5.91 Å². The van der Waals surface area contributed by atoms with Crippen molar-refractivity contribution in [2.45, 2.75) is 19.4 Å². The molecule has 0 aliphatic carbocycles. The Morgan fingerprint density at radius 3 is 2.20 bits per heavy atom. The fraction of sp³-hybridized carbons (Fsp3) is 0.909. The SMILES string of the molecule is COC(C)(C)C(=O)N1CC2(CN(C)C2)C1. The van der Waals surface area contributed by atoms with E-state index in [1.807, 2.05) is 18.7 Å². The molecule has 0 saturated carbocycles. The highest BCUT2D eigenvalue weighted by Gasteiger charge is 2.53. The number of carbonyl (C=O) groups is 1. The maximum absolute atomic E-state index is 12.0. The van der Waals surface area contributed by atoms with Crippen molar-refractivity contribution in [1.82, 2.24) is 9.80 Å². The largest absolute Gasteiger partial charge is 0.369 e. The molecule has 0 bridgehead atoms. The second-order valence-corrected chi connectivity index (χ2v) is 5.55. The van der Waals surface area contributed by atoms with Crippen LogP contribution >= 0.6 is 0 Å². The molecule has 1 amide bonds.